The molecule has 0 aliphatic heterocycles. The van der Waals surface area contributed by atoms with Gasteiger partial charge >= 0.3 is 13.7 Å². The molecule has 3 rings (SSSR count). The number of fused-ring (bicyclic) bond motifs is 1. The third-order valence-corrected chi connectivity index (χ3v) is 8.27. The van der Waals surface area contributed by atoms with Gasteiger partial charge in [0.25, 0.3) is 0 Å². The van der Waals surface area contributed by atoms with Gasteiger partial charge in [-0.2, -0.15) is 5.09 Å². The first-order valence-corrected chi connectivity index (χ1v) is 16.0. The number of ether oxygens (including phenoxy) is 1. The summed E-state index contributed by atoms with van der Waals surface area (Å²) in [4.78, 5) is 19.0. The second-order valence-corrected chi connectivity index (χ2v) is 12.3. The average Bonchev–Trinajstić information content (AvgIpc) is 2.92. The van der Waals surface area contributed by atoms with Crippen molar-refractivity contribution in [3.05, 3.63) is 65.8 Å². The Kier molecular flexibility index (Phi) is 12.9. The van der Waals surface area contributed by atoms with E-state index in [0.29, 0.717) is 17.3 Å². The number of anilines is 1. The van der Waals surface area contributed by atoms with Crippen LogP contribution in [0.2, 0.25) is 5.02 Å². The van der Waals surface area contributed by atoms with E-state index in [-0.39, 0.29) is 18.8 Å². The fraction of sp³-hybridized carbons (Fsp3) is 0.467. The van der Waals surface area contributed by atoms with Gasteiger partial charge in [-0.3, -0.25) is 14.3 Å². The van der Waals surface area contributed by atoms with Gasteiger partial charge in [0.2, 0.25) is 0 Å². The van der Waals surface area contributed by atoms with E-state index in [0.717, 1.165) is 42.5 Å². The van der Waals surface area contributed by atoms with Crippen molar-refractivity contribution in [3.63, 3.8) is 0 Å². The van der Waals surface area contributed by atoms with Gasteiger partial charge in [-0.15, -0.1) is 0 Å². The highest BCUT2D eigenvalue weighted by molar-refractivity contribution is 7.52. The molecule has 2 aromatic carbocycles. The van der Waals surface area contributed by atoms with Crippen LogP contribution in [-0.4, -0.2) is 60.3 Å². The smallest absolute Gasteiger partial charge is 0.459 e. The highest BCUT2D eigenvalue weighted by Gasteiger charge is 2.32. The van der Waals surface area contributed by atoms with Crippen molar-refractivity contribution < 1.29 is 23.1 Å². The lowest BCUT2D eigenvalue weighted by atomic mass is 10.1. The van der Waals surface area contributed by atoms with Crippen LogP contribution in [0.15, 0.2) is 60.8 Å². The molecule has 0 saturated carbocycles. The number of nitrogens with zero attached hydrogens (tertiary/aromatic N) is 2. The number of aromatic nitrogens is 1. The fourth-order valence-electron chi connectivity index (χ4n) is 4.26. The predicted molar refractivity (Wildman–Crippen MR) is 166 cm³/mol. The quantitative estimate of drug-likeness (QED) is 0.125. The molecule has 0 spiro atoms. The summed E-state index contributed by atoms with van der Waals surface area (Å²) >= 11 is 6.12. The van der Waals surface area contributed by atoms with Gasteiger partial charge in [0.05, 0.1) is 18.2 Å². The Morgan fingerprint density at radius 2 is 1.83 bits per heavy atom. The van der Waals surface area contributed by atoms with E-state index in [1.807, 2.05) is 30.3 Å². The number of hydrogen-bond acceptors (Lipinski definition) is 8. The first kappa shape index (κ1) is 32.8. The molecule has 9 nitrogen and oxygen atoms in total. The minimum atomic E-state index is -3.87. The number of hydrogen-bond donors (Lipinski definition) is 2. The number of halogens is 1. The van der Waals surface area contributed by atoms with Crippen molar-refractivity contribution in [2.24, 2.45) is 0 Å². The van der Waals surface area contributed by atoms with Gasteiger partial charge in [-0.05, 0) is 90.0 Å². The number of carbonyl (C=O) groups excluding carboxylic acids is 1. The first-order chi connectivity index (χ1) is 19.6. The lowest BCUT2D eigenvalue weighted by Gasteiger charge is -2.25. The van der Waals surface area contributed by atoms with Crippen molar-refractivity contribution in [1.29, 1.82) is 0 Å². The molecule has 0 radical (unpaired) electrons. The summed E-state index contributed by atoms with van der Waals surface area (Å²) in [5, 5.41) is 8.04. The molecule has 3 aromatic rings. The zero-order valence-electron chi connectivity index (χ0n) is 24.5. The number of benzene rings is 2. The summed E-state index contributed by atoms with van der Waals surface area (Å²) < 4.78 is 30.4. The van der Waals surface area contributed by atoms with Crippen molar-refractivity contribution >= 4 is 41.9 Å². The topological polar surface area (TPSA) is 102 Å². The minimum absolute atomic E-state index is 0.163. The van der Waals surface area contributed by atoms with Gasteiger partial charge in [0.1, 0.15) is 11.8 Å². The van der Waals surface area contributed by atoms with E-state index >= 15 is 0 Å². The minimum Gasteiger partial charge on any atom is -0.462 e. The normalized spacial score (nSPS) is 14.5. The van der Waals surface area contributed by atoms with Crippen LogP contribution < -0.4 is 14.9 Å². The van der Waals surface area contributed by atoms with Crippen LogP contribution in [0.1, 0.15) is 47.5 Å². The summed E-state index contributed by atoms with van der Waals surface area (Å²) in [5.74, 6) is -0.145. The maximum Gasteiger partial charge on any atom is 0.459 e. The summed E-state index contributed by atoms with van der Waals surface area (Å²) in [6, 6.07) is 15.8. The van der Waals surface area contributed by atoms with Crippen LogP contribution >= 0.6 is 19.3 Å². The van der Waals surface area contributed by atoms with Crippen molar-refractivity contribution in [2.75, 3.05) is 31.6 Å². The molecule has 0 bridgehead atoms. The molecule has 1 heterocycles. The van der Waals surface area contributed by atoms with E-state index in [1.165, 1.54) is 0 Å². The first-order valence-electron chi connectivity index (χ1n) is 14.1. The Bertz CT molecular complexity index is 1300. The number of nitrogens with one attached hydrogen (secondary N) is 2. The molecular weight excluding hydrogens is 563 g/mol. The molecule has 1 aromatic heterocycles. The van der Waals surface area contributed by atoms with Crippen LogP contribution in [0.3, 0.4) is 0 Å². The van der Waals surface area contributed by atoms with Gasteiger partial charge in [-0.1, -0.05) is 36.7 Å². The Balaban J connectivity index is 1.51. The number of esters is 1. The summed E-state index contributed by atoms with van der Waals surface area (Å²) in [6.07, 6.45) is 3.42. The Morgan fingerprint density at radius 1 is 1.07 bits per heavy atom. The van der Waals surface area contributed by atoms with Crippen molar-refractivity contribution in [3.8, 4) is 5.75 Å². The summed E-state index contributed by atoms with van der Waals surface area (Å²) in [5.41, 5.74) is 1.90. The maximum atomic E-state index is 13.6. The Labute approximate surface area is 248 Å². The van der Waals surface area contributed by atoms with Gasteiger partial charge in [0, 0.05) is 34.9 Å². The maximum absolute atomic E-state index is 13.6. The van der Waals surface area contributed by atoms with Crippen LogP contribution in [0.5, 0.6) is 5.75 Å². The molecule has 2 N–H and O–H groups in total. The number of rotatable bonds is 17. The molecule has 0 unspecified atom stereocenters. The third-order valence-electron chi connectivity index (χ3n) is 6.36. The molecule has 11 heteroatoms. The van der Waals surface area contributed by atoms with E-state index in [9.17, 15) is 9.36 Å². The zero-order chi connectivity index (χ0) is 29.8. The third kappa shape index (κ3) is 10.9. The number of para-hydroxylation sites is 1. The van der Waals surface area contributed by atoms with E-state index < -0.39 is 19.8 Å². The van der Waals surface area contributed by atoms with E-state index in [2.05, 4.69) is 34.1 Å². The van der Waals surface area contributed by atoms with Crippen LogP contribution in [-0.2, 0) is 18.6 Å². The standard InChI is InChI=1S/C30H42ClN4O5P/c1-6-35(18-10-11-23(4)33-28-16-17-32-29-21-25(31)14-15-27(28)29)19-20-38-41(37,40-26-12-8-7-9-13-26)34-24(5)30(36)39-22(2)3/h7-9,12-17,21-24H,6,10-11,18-20H2,1-5H3,(H,32,33)(H,34,37)/t23-,24-,41-/m0/s1. The molecule has 0 saturated heterocycles. The predicted octanol–water partition coefficient (Wildman–Crippen LogP) is 6.92. The zero-order valence-corrected chi connectivity index (χ0v) is 26.2. The molecule has 0 aliphatic rings. The van der Waals surface area contributed by atoms with Gasteiger partial charge in [-0.25, -0.2) is 4.57 Å². The fourth-order valence-corrected chi connectivity index (χ4v) is 5.91. The molecule has 41 heavy (non-hydrogen) atoms. The molecule has 0 amide bonds. The SMILES string of the molecule is CCN(CCC[C@H](C)Nc1ccnc2cc(Cl)ccc12)CCO[P@@](=O)(N[C@@H](C)C(=O)OC(C)C)Oc1ccccc1. The Hall–Kier alpha value is -2.68. The largest absolute Gasteiger partial charge is 0.462 e. The summed E-state index contributed by atoms with van der Waals surface area (Å²) in [6.45, 7) is 11.7. The highest BCUT2D eigenvalue weighted by atomic mass is 35.5. The second kappa shape index (κ2) is 16.1. The van der Waals surface area contributed by atoms with E-state index in [1.54, 1.807) is 51.2 Å². The monoisotopic (exact) mass is 604 g/mol. The lowest BCUT2D eigenvalue weighted by molar-refractivity contribution is -0.149. The van der Waals surface area contributed by atoms with Crippen LogP contribution in [0.4, 0.5) is 5.69 Å². The molecule has 224 valence electrons. The Morgan fingerprint density at radius 3 is 2.54 bits per heavy atom. The summed E-state index contributed by atoms with van der Waals surface area (Å²) in [7, 11) is -3.87. The highest BCUT2D eigenvalue weighted by Crippen LogP contribution is 2.44. The van der Waals surface area contributed by atoms with Gasteiger partial charge < -0.3 is 19.5 Å². The number of likely N-dealkylation sites (N-methyl/N-ethyl adjacent to an activating group) is 1. The van der Waals surface area contributed by atoms with Crippen LogP contribution in [0.25, 0.3) is 10.9 Å². The van der Waals surface area contributed by atoms with E-state index in [4.69, 9.17) is 25.4 Å². The number of pyridine rings is 1. The second-order valence-electron chi connectivity index (χ2n) is 10.2. The number of carbonyl (C=O) groups is 1. The van der Waals surface area contributed by atoms with Gasteiger partial charge in [0.15, 0.2) is 0 Å². The van der Waals surface area contributed by atoms with Crippen molar-refractivity contribution in [2.45, 2.75) is 65.6 Å². The average molecular weight is 605 g/mol. The lowest BCUT2D eigenvalue weighted by Crippen LogP contribution is -2.37. The molecule has 3 atom stereocenters. The van der Waals surface area contributed by atoms with Crippen LogP contribution in [0, 0.1) is 0 Å². The molecule has 0 fully saturated rings. The molecule has 0 aliphatic carbocycles. The van der Waals surface area contributed by atoms with Crippen molar-refractivity contribution in [1.82, 2.24) is 15.0 Å². The molecular formula is C30H42ClN4O5P.